The summed E-state index contributed by atoms with van der Waals surface area (Å²) in [4.78, 5) is 5.64. The van der Waals surface area contributed by atoms with E-state index in [1.165, 1.54) is 28.8 Å². The molecule has 3 rings (SSSR count). The Kier molecular flexibility index (Phi) is 3.67. The van der Waals surface area contributed by atoms with Gasteiger partial charge in [-0.1, -0.05) is 31.2 Å². The predicted molar refractivity (Wildman–Crippen MR) is 80.5 cm³/mol. The van der Waals surface area contributed by atoms with Gasteiger partial charge in [0.1, 0.15) is 0 Å². The first-order valence-electron chi connectivity index (χ1n) is 6.97. The molecule has 0 fully saturated rings. The van der Waals surface area contributed by atoms with E-state index in [9.17, 15) is 0 Å². The zero-order valence-electron chi connectivity index (χ0n) is 11.5. The molecule has 1 heterocycles. The summed E-state index contributed by atoms with van der Waals surface area (Å²) in [6.07, 6.45) is 4.50. The van der Waals surface area contributed by atoms with Gasteiger partial charge >= 0.3 is 0 Å². The lowest BCUT2D eigenvalue weighted by Crippen LogP contribution is -2.25. The van der Waals surface area contributed by atoms with Gasteiger partial charge in [-0.3, -0.25) is 0 Å². The van der Waals surface area contributed by atoms with Crippen LogP contribution in [-0.2, 0) is 6.54 Å². The van der Waals surface area contributed by atoms with Gasteiger partial charge in [0.15, 0.2) is 0 Å². The number of fused-ring (bicyclic) bond motifs is 1. The molecule has 0 aliphatic heterocycles. The van der Waals surface area contributed by atoms with Crippen LogP contribution >= 0.6 is 11.3 Å². The van der Waals surface area contributed by atoms with E-state index in [1.807, 2.05) is 6.20 Å². The number of rotatable bonds is 3. The first-order valence-corrected chi connectivity index (χ1v) is 7.79. The van der Waals surface area contributed by atoms with Crippen molar-refractivity contribution in [3.8, 4) is 0 Å². The lowest BCUT2D eigenvalue weighted by molar-refractivity contribution is 0.432. The molecular formula is C16H20N2S. The van der Waals surface area contributed by atoms with Gasteiger partial charge < -0.3 is 5.32 Å². The number of aryl methyl sites for hydroxylation is 1. The Morgan fingerprint density at radius 1 is 1.26 bits per heavy atom. The Hall–Kier alpha value is -1.19. The second-order valence-corrected chi connectivity index (χ2v) is 6.71. The van der Waals surface area contributed by atoms with Gasteiger partial charge in [-0.05, 0) is 36.8 Å². The average Bonchev–Trinajstić information content (AvgIpc) is 2.84. The van der Waals surface area contributed by atoms with Crippen LogP contribution in [0.3, 0.4) is 0 Å². The Morgan fingerprint density at radius 3 is 2.79 bits per heavy atom. The lowest BCUT2D eigenvalue weighted by atomic mass is 9.81. The minimum atomic E-state index is 0.495. The van der Waals surface area contributed by atoms with Gasteiger partial charge in [-0.15, -0.1) is 11.3 Å². The molecule has 19 heavy (non-hydrogen) atoms. The van der Waals surface area contributed by atoms with Gasteiger partial charge in [-0.25, -0.2) is 4.98 Å². The third-order valence-electron chi connectivity index (χ3n) is 3.98. The fourth-order valence-electron chi connectivity index (χ4n) is 2.93. The van der Waals surface area contributed by atoms with E-state index in [4.69, 9.17) is 0 Å². The maximum atomic E-state index is 4.32. The van der Waals surface area contributed by atoms with Gasteiger partial charge in [0.05, 0.1) is 5.01 Å². The van der Waals surface area contributed by atoms with Crippen LogP contribution in [0.2, 0.25) is 0 Å². The molecule has 1 N–H and O–H groups in total. The van der Waals surface area contributed by atoms with E-state index < -0.39 is 0 Å². The van der Waals surface area contributed by atoms with E-state index in [-0.39, 0.29) is 0 Å². The maximum Gasteiger partial charge on any atom is 0.0897 e. The molecule has 2 aromatic rings. The molecule has 0 bridgehead atoms. The van der Waals surface area contributed by atoms with Crippen molar-refractivity contribution in [2.24, 2.45) is 0 Å². The zero-order valence-corrected chi connectivity index (χ0v) is 12.3. The highest BCUT2D eigenvalue weighted by atomic mass is 32.1. The van der Waals surface area contributed by atoms with Crippen molar-refractivity contribution in [1.82, 2.24) is 10.3 Å². The van der Waals surface area contributed by atoms with Crippen LogP contribution in [0.25, 0.3) is 0 Å². The van der Waals surface area contributed by atoms with Crippen molar-refractivity contribution in [1.29, 1.82) is 0 Å². The molecule has 1 aliphatic rings. The van der Waals surface area contributed by atoms with E-state index >= 15 is 0 Å². The third kappa shape index (κ3) is 2.72. The van der Waals surface area contributed by atoms with Crippen LogP contribution in [0.5, 0.6) is 0 Å². The van der Waals surface area contributed by atoms with E-state index in [2.05, 4.69) is 48.4 Å². The molecule has 0 spiro atoms. The summed E-state index contributed by atoms with van der Waals surface area (Å²) in [6, 6.07) is 9.37. The highest BCUT2D eigenvalue weighted by molar-refractivity contribution is 7.11. The van der Waals surface area contributed by atoms with Crippen LogP contribution in [-0.4, -0.2) is 4.98 Å². The molecule has 0 saturated carbocycles. The molecule has 0 amide bonds. The number of aromatic nitrogens is 1. The quantitative estimate of drug-likeness (QED) is 0.906. The summed E-state index contributed by atoms with van der Waals surface area (Å²) in [5.74, 6) is 0.694. The number of hydrogen-bond acceptors (Lipinski definition) is 3. The summed E-state index contributed by atoms with van der Waals surface area (Å²) in [7, 11) is 0. The normalized spacial score (nSPS) is 22.2. The average molecular weight is 272 g/mol. The van der Waals surface area contributed by atoms with E-state index in [0.717, 1.165) is 11.6 Å². The van der Waals surface area contributed by atoms with Crippen LogP contribution < -0.4 is 5.32 Å². The van der Waals surface area contributed by atoms with Crippen LogP contribution in [0.4, 0.5) is 0 Å². The number of thiazole rings is 1. The second kappa shape index (κ2) is 5.43. The number of hydrogen-bond donors (Lipinski definition) is 1. The maximum absolute atomic E-state index is 4.32. The largest absolute Gasteiger partial charge is 0.305 e. The number of benzene rings is 1. The molecule has 1 aliphatic carbocycles. The molecule has 2 unspecified atom stereocenters. The molecule has 100 valence electrons. The summed E-state index contributed by atoms with van der Waals surface area (Å²) < 4.78 is 0. The fraction of sp³-hybridized carbons (Fsp3) is 0.438. The summed E-state index contributed by atoms with van der Waals surface area (Å²) in [6.45, 7) is 5.33. The molecule has 2 nitrogen and oxygen atoms in total. The Morgan fingerprint density at radius 2 is 2.05 bits per heavy atom. The minimum absolute atomic E-state index is 0.495. The molecular weight excluding hydrogens is 252 g/mol. The van der Waals surface area contributed by atoms with Gasteiger partial charge in [-0.2, -0.15) is 0 Å². The van der Waals surface area contributed by atoms with E-state index in [0.29, 0.717) is 12.0 Å². The lowest BCUT2D eigenvalue weighted by Gasteiger charge is -2.30. The smallest absolute Gasteiger partial charge is 0.0897 e. The Balaban J connectivity index is 1.74. The Bertz CT molecular complexity index is 561. The van der Waals surface area contributed by atoms with Crippen LogP contribution in [0.15, 0.2) is 30.5 Å². The van der Waals surface area contributed by atoms with Crippen molar-refractivity contribution in [2.45, 2.75) is 45.2 Å². The minimum Gasteiger partial charge on any atom is -0.305 e. The third-order valence-corrected chi connectivity index (χ3v) is 4.90. The topological polar surface area (TPSA) is 24.9 Å². The molecule has 0 saturated heterocycles. The SMILES string of the molecule is Cc1ncc(CNC2CCC(C)c3ccccc32)s1. The second-order valence-electron chi connectivity index (χ2n) is 5.39. The standard InChI is InChI=1S/C16H20N2S/c1-11-7-8-16(15-6-4-3-5-14(11)15)18-10-13-9-17-12(2)19-13/h3-6,9,11,16,18H,7-8,10H2,1-2H3. The summed E-state index contributed by atoms with van der Waals surface area (Å²) in [5, 5.41) is 4.85. The Labute approximate surface area is 118 Å². The fourth-order valence-corrected chi connectivity index (χ4v) is 3.67. The number of nitrogens with one attached hydrogen (secondary N) is 1. The first-order chi connectivity index (χ1) is 9.24. The van der Waals surface area contributed by atoms with Gasteiger partial charge in [0.2, 0.25) is 0 Å². The summed E-state index contributed by atoms with van der Waals surface area (Å²) in [5.41, 5.74) is 3.01. The zero-order chi connectivity index (χ0) is 13.2. The highest BCUT2D eigenvalue weighted by Gasteiger charge is 2.23. The van der Waals surface area contributed by atoms with Crippen LogP contribution in [0, 0.1) is 6.92 Å². The van der Waals surface area contributed by atoms with Crippen molar-refractivity contribution < 1.29 is 0 Å². The predicted octanol–water partition coefficient (Wildman–Crippen LogP) is 4.18. The molecule has 1 aromatic carbocycles. The van der Waals surface area contributed by atoms with Crippen molar-refractivity contribution in [3.63, 3.8) is 0 Å². The van der Waals surface area contributed by atoms with Crippen molar-refractivity contribution in [3.05, 3.63) is 51.5 Å². The molecule has 1 aromatic heterocycles. The van der Waals surface area contributed by atoms with Crippen LogP contribution in [0.1, 0.15) is 52.7 Å². The molecule has 2 atom stereocenters. The molecule has 3 heteroatoms. The van der Waals surface area contributed by atoms with E-state index in [1.54, 1.807) is 11.3 Å². The van der Waals surface area contributed by atoms with Crippen molar-refractivity contribution >= 4 is 11.3 Å². The van der Waals surface area contributed by atoms with Gasteiger partial charge in [0.25, 0.3) is 0 Å². The first kappa shape index (κ1) is 12.8. The van der Waals surface area contributed by atoms with Crippen molar-refractivity contribution in [2.75, 3.05) is 0 Å². The molecule has 0 radical (unpaired) electrons. The monoisotopic (exact) mass is 272 g/mol. The van der Waals surface area contributed by atoms with Gasteiger partial charge in [0, 0.05) is 23.7 Å². The summed E-state index contributed by atoms with van der Waals surface area (Å²) >= 11 is 1.78. The highest BCUT2D eigenvalue weighted by Crippen LogP contribution is 2.37. The number of nitrogens with zero attached hydrogens (tertiary/aromatic N) is 1.